The molecular formula is C22H10N2O5S2. The number of nitriles is 2. The molecule has 2 aliphatic heterocycles. The minimum absolute atomic E-state index is 0.0533. The minimum Gasteiger partial charge on any atom is -0.508 e. The van der Waals surface area contributed by atoms with Gasteiger partial charge >= 0.3 is 5.97 Å². The highest BCUT2D eigenvalue weighted by Gasteiger charge is 2.55. The van der Waals surface area contributed by atoms with Crippen LogP contribution in [0.15, 0.2) is 58.3 Å². The van der Waals surface area contributed by atoms with Crippen LogP contribution in [0.3, 0.4) is 0 Å². The summed E-state index contributed by atoms with van der Waals surface area (Å²) < 4.78 is 12.0. The summed E-state index contributed by atoms with van der Waals surface area (Å²) in [5.41, 5.74) is 0.197. The maximum Gasteiger partial charge on any atom is 0.340 e. The number of fused-ring (bicyclic) bond motifs is 6. The van der Waals surface area contributed by atoms with E-state index in [4.69, 9.17) is 9.47 Å². The number of phenols is 2. The average Bonchev–Trinajstić information content (AvgIpc) is 3.03. The van der Waals surface area contributed by atoms with Crippen LogP contribution >= 0.6 is 23.5 Å². The van der Waals surface area contributed by atoms with E-state index >= 15 is 0 Å². The van der Waals surface area contributed by atoms with Gasteiger partial charge in [0.2, 0.25) is 0 Å². The van der Waals surface area contributed by atoms with Gasteiger partial charge < -0.3 is 19.7 Å². The predicted molar refractivity (Wildman–Crippen MR) is 111 cm³/mol. The Balaban J connectivity index is 1.96. The Labute approximate surface area is 184 Å². The van der Waals surface area contributed by atoms with Crippen LogP contribution in [0.5, 0.6) is 23.0 Å². The Morgan fingerprint density at radius 2 is 1.65 bits per heavy atom. The molecule has 31 heavy (non-hydrogen) atoms. The highest BCUT2D eigenvalue weighted by atomic mass is 32.2. The molecule has 0 amide bonds. The number of benzene rings is 3. The van der Waals surface area contributed by atoms with Crippen LogP contribution in [0.25, 0.3) is 0 Å². The summed E-state index contributed by atoms with van der Waals surface area (Å²) >= 11 is 1.43. The molecule has 2 heterocycles. The van der Waals surface area contributed by atoms with E-state index in [1.165, 1.54) is 18.2 Å². The van der Waals surface area contributed by atoms with Crippen molar-refractivity contribution in [3.05, 3.63) is 70.8 Å². The monoisotopic (exact) mass is 446 g/mol. The number of ether oxygens (including phenoxy) is 2. The van der Waals surface area contributed by atoms with Gasteiger partial charge in [-0.05, 0) is 41.7 Å². The van der Waals surface area contributed by atoms with Crippen molar-refractivity contribution in [2.45, 2.75) is 15.4 Å². The molecular weight excluding hydrogens is 436 g/mol. The highest BCUT2D eigenvalue weighted by Crippen LogP contribution is 2.61. The SMILES string of the molecule is N#CSc1c(O)cc2c(c1SC#N)C1(OC(=O)c3ccccc31)c1ccc(O)cc1O2. The van der Waals surface area contributed by atoms with E-state index in [9.17, 15) is 25.5 Å². The van der Waals surface area contributed by atoms with Gasteiger partial charge in [0.1, 0.15) is 33.8 Å². The number of rotatable bonds is 2. The van der Waals surface area contributed by atoms with E-state index in [-0.39, 0.29) is 32.8 Å². The lowest BCUT2D eigenvalue weighted by atomic mass is 9.77. The highest BCUT2D eigenvalue weighted by molar-refractivity contribution is 8.06. The molecule has 1 atom stereocenters. The van der Waals surface area contributed by atoms with Crippen molar-refractivity contribution in [3.8, 4) is 33.8 Å². The summed E-state index contributed by atoms with van der Waals surface area (Å²) in [6.45, 7) is 0. The second-order valence-corrected chi connectivity index (χ2v) is 8.30. The zero-order valence-electron chi connectivity index (χ0n) is 15.4. The molecule has 2 N–H and O–H groups in total. The maximum absolute atomic E-state index is 12.9. The predicted octanol–water partition coefficient (Wildman–Crippen LogP) is 4.81. The second kappa shape index (κ2) is 6.88. The number of phenolic OH excluding ortho intramolecular Hbond substituents is 2. The molecule has 150 valence electrons. The number of thiocyanates is 2. The molecule has 0 bridgehead atoms. The number of esters is 1. The fraction of sp³-hybridized carbons (Fsp3) is 0.0455. The van der Waals surface area contributed by atoms with Crippen molar-refractivity contribution in [3.63, 3.8) is 0 Å². The fourth-order valence-corrected chi connectivity index (χ4v) is 5.38. The van der Waals surface area contributed by atoms with Gasteiger partial charge in [-0.2, -0.15) is 10.5 Å². The van der Waals surface area contributed by atoms with Gasteiger partial charge in [0.05, 0.1) is 20.9 Å². The molecule has 3 aromatic carbocycles. The number of carbonyl (C=O) groups excluding carboxylic acids is 1. The summed E-state index contributed by atoms with van der Waals surface area (Å²) in [6.07, 6.45) is 0. The second-order valence-electron chi connectivity index (χ2n) is 6.71. The Morgan fingerprint density at radius 1 is 0.903 bits per heavy atom. The first kappa shape index (κ1) is 19.2. The Hall–Kier alpha value is -3.79. The van der Waals surface area contributed by atoms with Crippen molar-refractivity contribution in [2.24, 2.45) is 0 Å². The van der Waals surface area contributed by atoms with Gasteiger partial charge in [0.15, 0.2) is 5.60 Å². The zero-order chi connectivity index (χ0) is 21.8. The van der Waals surface area contributed by atoms with Gasteiger partial charge in [0, 0.05) is 23.3 Å². The number of aromatic hydroxyl groups is 2. The lowest BCUT2D eigenvalue weighted by Crippen LogP contribution is -2.33. The molecule has 2 aliphatic rings. The van der Waals surface area contributed by atoms with Gasteiger partial charge in [-0.3, -0.25) is 0 Å². The molecule has 1 unspecified atom stereocenters. The van der Waals surface area contributed by atoms with Crippen LogP contribution < -0.4 is 4.74 Å². The lowest BCUT2D eigenvalue weighted by Gasteiger charge is -2.38. The molecule has 1 spiro atoms. The van der Waals surface area contributed by atoms with E-state index in [0.717, 1.165) is 11.8 Å². The molecule has 7 nitrogen and oxygen atoms in total. The van der Waals surface area contributed by atoms with Crippen LogP contribution in [-0.4, -0.2) is 16.2 Å². The van der Waals surface area contributed by atoms with E-state index in [0.29, 0.717) is 34.0 Å². The van der Waals surface area contributed by atoms with Crippen molar-refractivity contribution in [1.82, 2.24) is 0 Å². The van der Waals surface area contributed by atoms with Crippen molar-refractivity contribution >= 4 is 29.5 Å². The van der Waals surface area contributed by atoms with Crippen LogP contribution in [0, 0.1) is 21.3 Å². The number of thioether (sulfide) groups is 2. The van der Waals surface area contributed by atoms with E-state index in [1.54, 1.807) is 30.3 Å². The van der Waals surface area contributed by atoms with Crippen molar-refractivity contribution in [1.29, 1.82) is 10.5 Å². The van der Waals surface area contributed by atoms with E-state index in [1.807, 2.05) is 10.8 Å². The number of nitrogens with zero attached hydrogens (tertiary/aromatic N) is 2. The van der Waals surface area contributed by atoms with Gasteiger partial charge in [-0.15, -0.1) is 0 Å². The molecule has 0 fully saturated rings. The summed E-state index contributed by atoms with van der Waals surface area (Å²) in [4.78, 5) is 13.3. The topological polar surface area (TPSA) is 124 Å². The average molecular weight is 446 g/mol. The molecule has 0 aromatic heterocycles. The standard InChI is InChI=1S/C22H10N2O5S2/c23-9-30-19-15(26)8-17-18(20(19)31-10-24)22(14-6-5-11(25)7-16(14)28-17)13-4-2-1-3-12(13)21(27)29-22/h1-8,25-26H. The van der Waals surface area contributed by atoms with Gasteiger partial charge in [0.25, 0.3) is 0 Å². The minimum atomic E-state index is -1.48. The molecule has 3 aromatic rings. The molecule has 0 radical (unpaired) electrons. The summed E-state index contributed by atoms with van der Waals surface area (Å²) in [6, 6.07) is 12.6. The molecule has 0 saturated carbocycles. The number of hydrogen-bond acceptors (Lipinski definition) is 9. The molecule has 5 rings (SSSR count). The normalized spacial score (nSPS) is 17.5. The van der Waals surface area contributed by atoms with Crippen LogP contribution in [-0.2, 0) is 10.3 Å². The Kier molecular flexibility index (Phi) is 4.26. The quantitative estimate of drug-likeness (QED) is 0.324. The summed E-state index contributed by atoms with van der Waals surface area (Å²) in [5, 5.41) is 43.2. The van der Waals surface area contributed by atoms with Gasteiger partial charge in [-0.25, -0.2) is 4.79 Å². The lowest BCUT2D eigenvalue weighted by molar-refractivity contribution is 0.0214. The number of hydrogen-bond donors (Lipinski definition) is 2. The fourth-order valence-electron chi connectivity index (χ4n) is 4.05. The molecule has 9 heteroatoms. The van der Waals surface area contributed by atoms with Crippen molar-refractivity contribution in [2.75, 3.05) is 0 Å². The van der Waals surface area contributed by atoms with E-state index in [2.05, 4.69) is 0 Å². The Morgan fingerprint density at radius 3 is 2.42 bits per heavy atom. The van der Waals surface area contributed by atoms with Gasteiger partial charge in [-0.1, -0.05) is 18.2 Å². The third kappa shape index (κ3) is 2.58. The summed E-state index contributed by atoms with van der Waals surface area (Å²) in [7, 11) is 0. The zero-order valence-corrected chi connectivity index (χ0v) is 17.1. The Bertz CT molecular complexity index is 1380. The third-order valence-electron chi connectivity index (χ3n) is 5.16. The number of carbonyl (C=O) groups is 1. The largest absolute Gasteiger partial charge is 0.508 e. The first-order chi connectivity index (χ1) is 15.0. The first-order valence-electron chi connectivity index (χ1n) is 8.87. The third-order valence-corrected chi connectivity index (χ3v) is 6.71. The maximum atomic E-state index is 12.9. The van der Waals surface area contributed by atoms with Crippen LogP contribution in [0.1, 0.15) is 27.0 Å². The summed E-state index contributed by atoms with van der Waals surface area (Å²) in [5.74, 6) is -0.468. The van der Waals surface area contributed by atoms with E-state index < -0.39 is 11.6 Å². The van der Waals surface area contributed by atoms with Crippen LogP contribution in [0.2, 0.25) is 0 Å². The molecule has 0 saturated heterocycles. The smallest absolute Gasteiger partial charge is 0.340 e. The molecule has 0 aliphatic carbocycles. The first-order valence-corrected chi connectivity index (χ1v) is 10.5. The van der Waals surface area contributed by atoms with Crippen molar-refractivity contribution < 1.29 is 24.5 Å². The van der Waals surface area contributed by atoms with Crippen LogP contribution in [0.4, 0.5) is 0 Å².